The molecule has 0 heterocycles. The van der Waals surface area contributed by atoms with Crippen LogP contribution in [0.3, 0.4) is 0 Å². The van der Waals surface area contributed by atoms with Gasteiger partial charge in [-0.15, -0.1) is 12.4 Å². The molecular formula is C34H37ClN2O. The summed E-state index contributed by atoms with van der Waals surface area (Å²) in [6.45, 7) is 0. The van der Waals surface area contributed by atoms with Crippen LogP contribution in [0.4, 0.5) is 5.69 Å². The first-order chi connectivity index (χ1) is 17.7. The van der Waals surface area contributed by atoms with Crippen molar-refractivity contribution in [2.75, 3.05) is 5.43 Å². The van der Waals surface area contributed by atoms with E-state index in [-0.39, 0.29) is 19.8 Å². The second-order valence-corrected chi connectivity index (χ2v) is 9.39. The first-order valence-corrected chi connectivity index (χ1v) is 12.8. The number of nitrogen functional groups attached to an aromatic ring is 1. The van der Waals surface area contributed by atoms with E-state index >= 15 is 0 Å². The van der Waals surface area contributed by atoms with E-state index in [1.807, 2.05) is 54.6 Å². The molecule has 3 N–H and O–H groups in total. The number of hydrazine groups is 1. The molecule has 4 aromatic carbocycles. The molecule has 0 saturated carbocycles. The number of aryl methyl sites for hydroxylation is 2. The van der Waals surface area contributed by atoms with E-state index in [1.165, 1.54) is 40.7 Å². The van der Waals surface area contributed by atoms with Crippen LogP contribution in [0.5, 0.6) is 0 Å². The SMILES string of the molecule is C.Cl.NNc1ccccc1.O=C1CCCc2ccccc21.c1ccc2c(c1)CCC1=C2Cc2ccccc21. The van der Waals surface area contributed by atoms with E-state index in [2.05, 4.69) is 54.0 Å². The second kappa shape index (κ2) is 13.8. The lowest BCUT2D eigenvalue weighted by Crippen LogP contribution is -2.09. The van der Waals surface area contributed by atoms with Gasteiger partial charge in [0.1, 0.15) is 0 Å². The van der Waals surface area contributed by atoms with Crippen LogP contribution in [0.15, 0.2) is 103 Å². The van der Waals surface area contributed by atoms with Gasteiger partial charge in [-0.25, -0.2) is 0 Å². The largest absolute Gasteiger partial charge is 0.324 e. The molecule has 0 aromatic heterocycles. The van der Waals surface area contributed by atoms with E-state index in [9.17, 15) is 4.79 Å². The molecule has 0 amide bonds. The second-order valence-electron chi connectivity index (χ2n) is 9.39. The lowest BCUT2D eigenvalue weighted by Gasteiger charge is -2.18. The Kier molecular flexibility index (Phi) is 10.5. The maximum absolute atomic E-state index is 11.3. The smallest absolute Gasteiger partial charge is 0.163 e. The summed E-state index contributed by atoms with van der Waals surface area (Å²) >= 11 is 0. The van der Waals surface area contributed by atoms with Gasteiger partial charge in [0.05, 0.1) is 0 Å². The highest BCUT2D eigenvalue weighted by molar-refractivity contribution is 5.99. The Morgan fingerprint density at radius 2 is 1.08 bits per heavy atom. The predicted molar refractivity (Wildman–Crippen MR) is 164 cm³/mol. The van der Waals surface area contributed by atoms with E-state index in [4.69, 9.17) is 5.84 Å². The summed E-state index contributed by atoms with van der Waals surface area (Å²) < 4.78 is 0. The van der Waals surface area contributed by atoms with Crippen molar-refractivity contribution in [1.29, 1.82) is 0 Å². The fraction of sp³-hybridized carbons (Fsp3) is 0.206. The van der Waals surface area contributed by atoms with Crippen LogP contribution in [0, 0.1) is 0 Å². The Hall–Kier alpha value is -3.66. The average Bonchev–Trinajstić information content (AvgIpc) is 3.34. The highest BCUT2D eigenvalue weighted by Crippen LogP contribution is 2.44. The fourth-order valence-electron chi connectivity index (χ4n) is 5.38. The molecule has 0 radical (unpaired) electrons. The van der Waals surface area contributed by atoms with Crippen molar-refractivity contribution < 1.29 is 4.79 Å². The quantitative estimate of drug-likeness (QED) is 0.194. The van der Waals surface area contributed by atoms with E-state index in [0.29, 0.717) is 5.78 Å². The molecule has 0 spiro atoms. The van der Waals surface area contributed by atoms with Crippen LogP contribution in [0.1, 0.15) is 64.9 Å². The summed E-state index contributed by atoms with van der Waals surface area (Å²) in [5, 5.41) is 0. The summed E-state index contributed by atoms with van der Waals surface area (Å²) in [5.41, 5.74) is 14.8. The van der Waals surface area contributed by atoms with Crippen LogP contribution >= 0.6 is 12.4 Å². The number of allylic oxidation sites excluding steroid dienone is 2. The van der Waals surface area contributed by atoms with Crippen LogP contribution in [0.25, 0.3) is 11.1 Å². The number of carbonyl (C=O) groups excluding carboxylic acids is 1. The molecule has 0 saturated heterocycles. The Balaban J connectivity index is 0.000000166. The first-order valence-electron chi connectivity index (χ1n) is 12.8. The number of nitrogens with two attached hydrogens (primary N) is 1. The van der Waals surface area contributed by atoms with E-state index in [0.717, 1.165) is 36.9 Å². The molecule has 196 valence electrons. The maximum Gasteiger partial charge on any atom is 0.163 e. The molecule has 4 aromatic rings. The number of para-hydroxylation sites is 1. The minimum absolute atomic E-state index is 0. The lowest BCUT2D eigenvalue weighted by molar-refractivity contribution is 0.0972. The number of hydrogen-bond acceptors (Lipinski definition) is 3. The highest BCUT2D eigenvalue weighted by atomic mass is 35.5. The molecule has 3 aliphatic carbocycles. The molecule has 0 atom stereocenters. The summed E-state index contributed by atoms with van der Waals surface area (Å²) in [7, 11) is 0. The standard InChI is InChI=1S/C17H14.C10H10O.C6H8N2.CH4.ClH/c1-3-7-14-12(5-1)9-10-16-15-8-4-2-6-13(15)11-17(14)16;11-10-7-3-5-8-4-1-2-6-9(8)10;7-8-6-4-2-1-3-5-6;;/h1-8H,9-11H2;1-2,4,6H,3,5,7H2;1-5,8H,7H2;1H4;1H. The molecule has 0 bridgehead atoms. The van der Waals surface area contributed by atoms with Crippen molar-refractivity contribution >= 4 is 35.0 Å². The Morgan fingerprint density at radius 1 is 0.553 bits per heavy atom. The zero-order valence-electron chi connectivity index (χ0n) is 21.0. The van der Waals surface area contributed by atoms with Gasteiger partial charge in [-0.3, -0.25) is 10.6 Å². The zero-order valence-corrected chi connectivity index (χ0v) is 21.8. The number of ketones is 1. The number of fused-ring (bicyclic) bond motifs is 5. The van der Waals surface area contributed by atoms with Crippen LogP contribution in [-0.4, -0.2) is 5.78 Å². The topological polar surface area (TPSA) is 55.1 Å². The van der Waals surface area contributed by atoms with Crippen molar-refractivity contribution in [3.63, 3.8) is 0 Å². The predicted octanol–water partition coefficient (Wildman–Crippen LogP) is 8.34. The van der Waals surface area contributed by atoms with Crippen molar-refractivity contribution in [3.8, 4) is 0 Å². The molecular weight excluding hydrogens is 488 g/mol. The van der Waals surface area contributed by atoms with Gasteiger partial charge in [0, 0.05) is 17.7 Å². The highest BCUT2D eigenvalue weighted by Gasteiger charge is 2.26. The lowest BCUT2D eigenvalue weighted by atomic mass is 9.86. The molecule has 0 fully saturated rings. The first kappa shape index (κ1) is 28.9. The summed E-state index contributed by atoms with van der Waals surface area (Å²) in [5.74, 6) is 5.41. The monoisotopic (exact) mass is 524 g/mol. The third kappa shape index (κ3) is 6.42. The third-order valence-electron chi connectivity index (χ3n) is 7.17. The molecule has 0 aliphatic heterocycles. The minimum Gasteiger partial charge on any atom is -0.324 e. The van der Waals surface area contributed by atoms with Gasteiger partial charge in [0.2, 0.25) is 0 Å². The van der Waals surface area contributed by atoms with Gasteiger partial charge in [-0.1, -0.05) is 98.4 Å². The molecule has 0 unspecified atom stereocenters. The van der Waals surface area contributed by atoms with Gasteiger partial charge in [0.25, 0.3) is 0 Å². The number of benzene rings is 4. The van der Waals surface area contributed by atoms with Crippen molar-refractivity contribution in [3.05, 3.63) is 137 Å². The number of rotatable bonds is 1. The van der Waals surface area contributed by atoms with Crippen molar-refractivity contribution in [2.24, 2.45) is 5.84 Å². The van der Waals surface area contributed by atoms with Gasteiger partial charge < -0.3 is 5.43 Å². The number of carbonyl (C=O) groups is 1. The zero-order chi connectivity index (χ0) is 24.7. The van der Waals surface area contributed by atoms with Crippen LogP contribution in [0.2, 0.25) is 0 Å². The van der Waals surface area contributed by atoms with Crippen molar-refractivity contribution in [2.45, 2.75) is 46.0 Å². The van der Waals surface area contributed by atoms with Crippen LogP contribution < -0.4 is 11.3 Å². The van der Waals surface area contributed by atoms with Gasteiger partial charge >= 0.3 is 0 Å². The molecule has 4 heteroatoms. The third-order valence-corrected chi connectivity index (χ3v) is 7.17. The minimum atomic E-state index is 0. The van der Waals surface area contributed by atoms with Crippen LogP contribution in [-0.2, 0) is 19.3 Å². The maximum atomic E-state index is 11.3. The number of anilines is 1. The summed E-state index contributed by atoms with van der Waals surface area (Å²) in [6, 6.07) is 35.3. The molecule has 7 rings (SSSR count). The number of nitrogens with one attached hydrogen (secondary N) is 1. The Bertz CT molecular complexity index is 1390. The average molecular weight is 525 g/mol. The van der Waals surface area contributed by atoms with Gasteiger partial charge in [0.15, 0.2) is 5.78 Å². The molecule has 3 nitrogen and oxygen atoms in total. The number of Topliss-reactive ketones (excluding diaryl/α,β-unsaturated/α-hetero) is 1. The number of halogens is 1. The Labute approximate surface area is 233 Å². The van der Waals surface area contributed by atoms with E-state index in [1.54, 1.807) is 11.1 Å². The Morgan fingerprint density at radius 3 is 1.68 bits per heavy atom. The van der Waals surface area contributed by atoms with Gasteiger partial charge in [-0.05, 0) is 83.2 Å². The fourth-order valence-corrected chi connectivity index (χ4v) is 5.38. The normalized spacial score (nSPS) is 13.9. The summed E-state index contributed by atoms with van der Waals surface area (Å²) in [6.07, 6.45) is 6.37. The summed E-state index contributed by atoms with van der Waals surface area (Å²) in [4.78, 5) is 11.3. The number of hydrogen-bond donors (Lipinski definition) is 2. The van der Waals surface area contributed by atoms with E-state index < -0.39 is 0 Å². The molecule has 38 heavy (non-hydrogen) atoms. The van der Waals surface area contributed by atoms with Gasteiger partial charge in [-0.2, -0.15) is 0 Å². The molecule has 3 aliphatic rings. The van der Waals surface area contributed by atoms with Crippen molar-refractivity contribution in [1.82, 2.24) is 0 Å².